The number of aromatic nitrogens is 2. The fourth-order valence-corrected chi connectivity index (χ4v) is 5.52. The van der Waals surface area contributed by atoms with E-state index in [0.717, 1.165) is 0 Å². The van der Waals surface area contributed by atoms with Gasteiger partial charge in [-0.15, -0.1) is 0 Å². The van der Waals surface area contributed by atoms with Crippen LogP contribution in [0, 0.1) is 12.8 Å². The number of nitrogens with one attached hydrogen (secondary N) is 1. The molecule has 31 heavy (non-hydrogen) atoms. The Morgan fingerprint density at radius 3 is 2.65 bits per heavy atom. The van der Waals surface area contributed by atoms with E-state index in [4.69, 9.17) is 14.0 Å². The van der Waals surface area contributed by atoms with Gasteiger partial charge in [-0.25, -0.2) is 12.7 Å². The molecule has 2 aromatic rings. The minimum absolute atomic E-state index is 0.0186. The first-order chi connectivity index (χ1) is 14.7. The predicted octanol–water partition coefficient (Wildman–Crippen LogP) is 0.873. The molecule has 2 heterocycles. The molecule has 0 unspecified atom stereocenters. The van der Waals surface area contributed by atoms with Gasteiger partial charge in [-0.1, -0.05) is 5.16 Å². The number of hydrogen-bond acceptors (Lipinski definition) is 8. The van der Waals surface area contributed by atoms with Crippen LogP contribution in [-0.4, -0.2) is 67.9 Å². The first-order valence-corrected chi connectivity index (χ1v) is 11.9. The molecular weight excluding hydrogens is 424 g/mol. The SMILES string of the molecule is COc1ccc(OCC(=O)N[C@@H]2C[C@H]3CN(S(C)(=O)=O)C[C@@]3(c3nc(C)no3)C2)cc1. The van der Waals surface area contributed by atoms with E-state index in [-0.39, 0.29) is 31.0 Å². The minimum Gasteiger partial charge on any atom is -0.497 e. The molecule has 4 rings (SSSR count). The molecular formula is C20H26N4O6S. The quantitative estimate of drug-likeness (QED) is 0.659. The van der Waals surface area contributed by atoms with Crippen LogP contribution in [0.5, 0.6) is 11.5 Å². The fraction of sp³-hybridized carbons (Fsp3) is 0.550. The van der Waals surface area contributed by atoms with Gasteiger partial charge in [0, 0.05) is 19.1 Å². The number of nitrogens with zero attached hydrogens (tertiary/aromatic N) is 3. The standard InChI is InChI=1S/C20H26N4O6S/c1-13-21-19(30-23-13)20-9-15(8-14(20)10-24(12-20)31(3,26)27)22-18(25)11-29-17-6-4-16(28-2)5-7-17/h4-7,14-15H,8-12H2,1-3H3,(H,22,25)/t14-,15+,20-/m0/s1. The van der Waals surface area contributed by atoms with Crippen molar-refractivity contribution in [3.05, 3.63) is 36.0 Å². The maximum Gasteiger partial charge on any atom is 0.258 e. The summed E-state index contributed by atoms with van der Waals surface area (Å²) in [6.07, 6.45) is 2.36. The van der Waals surface area contributed by atoms with Gasteiger partial charge in [0.15, 0.2) is 12.4 Å². The number of benzene rings is 1. The summed E-state index contributed by atoms with van der Waals surface area (Å²) >= 11 is 0. The third kappa shape index (κ3) is 4.38. The maximum absolute atomic E-state index is 12.5. The van der Waals surface area contributed by atoms with Gasteiger partial charge in [0.05, 0.1) is 18.8 Å². The average molecular weight is 451 g/mol. The highest BCUT2D eigenvalue weighted by molar-refractivity contribution is 7.88. The average Bonchev–Trinajstić information content (AvgIpc) is 3.39. The monoisotopic (exact) mass is 450 g/mol. The summed E-state index contributed by atoms with van der Waals surface area (Å²) in [6.45, 7) is 2.25. The molecule has 168 valence electrons. The Hall–Kier alpha value is -2.66. The van der Waals surface area contributed by atoms with Gasteiger partial charge in [-0.2, -0.15) is 4.98 Å². The zero-order chi connectivity index (χ0) is 22.2. The Morgan fingerprint density at radius 2 is 2.03 bits per heavy atom. The summed E-state index contributed by atoms with van der Waals surface area (Å²) in [5.41, 5.74) is -0.598. The van der Waals surface area contributed by atoms with E-state index < -0.39 is 15.4 Å². The van der Waals surface area contributed by atoms with Crippen LogP contribution in [0.3, 0.4) is 0 Å². The number of amides is 1. The Labute approximate surface area is 181 Å². The highest BCUT2D eigenvalue weighted by Gasteiger charge is 2.58. The van der Waals surface area contributed by atoms with E-state index in [0.29, 0.717) is 42.6 Å². The van der Waals surface area contributed by atoms with Crippen LogP contribution in [0.25, 0.3) is 0 Å². The molecule has 0 spiro atoms. The van der Waals surface area contributed by atoms with Gasteiger partial charge >= 0.3 is 0 Å². The Kier molecular flexibility index (Phi) is 5.65. The van der Waals surface area contributed by atoms with Gasteiger partial charge in [0.1, 0.15) is 11.5 Å². The van der Waals surface area contributed by atoms with Crippen LogP contribution in [0.15, 0.2) is 28.8 Å². The smallest absolute Gasteiger partial charge is 0.258 e. The van der Waals surface area contributed by atoms with Crippen LogP contribution in [0.4, 0.5) is 0 Å². The lowest BCUT2D eigenvalue weighted by molar-refractivity contribution is -0.123. The maximum atomic E-state index is 12.5. The zero-order valence-corrected chi connectivity index (χ0v) is 18.5. The van der Waals surface area contributed by atoms with Gasteiger partial charge in [-0.05, 0) is 49.9 Å². The van der Waals surface area contributed by atoms with Crippen LogP contribution < -0.4 is 14.8 Å². The number of ether oxygens (including phenoxy) is 2. The first-order valence-electron chi connectivity index (χ1n) is 10.0. The minimum atomic E-state index is -3.34. The van der Waals surface area contributed by atoms with Gasteiger partial charge in [-0.3, -0.25) is 4.79 Å². The van der Waals surface area contributed by atoms with Gasteiger partial charge in [0.2, 0.25) is 15.9 Å². The molecule has 10 nitrogen and oxygen atoms in total. The number of hydrogen-bond donors (Lipinski definition) is 1. The lowest BCUT2D eigenvalue weighted by Crippen LogP contribution is -2.40. The summed E-state index contributed by atoms with van der Waals surface area (Å²) in [7, 11) is -1.76. The van der Waals surface area contributed by atoms with E-state index in [1.54, 1.807) is 38.3 Å². The number of rotatable bonds is 7. The second kappa shape index (κ2) is 8.12. The molecule has 1 saturated carbocycles. The van der Waals surface area contributed by atoms with Crippen molar-refractivity contribution >= 4 is 15.9 Å². The van der Waals surface area contributed by atoms with Crippen molar-refractivity contribution in [3.8, 4) is 11.5 Å². The van der Waals surface area contributed by atoms with Crippen molar-refractivity contribution in [3.63, 3.8) is 0 Å². The number of carbonyl (C=O) groups excluding carboxylic acids is 1. The van der Waals surface area contributed by atoms with Crippen LogP contribution in [0.2, 0.25) is 0 Å². The summed E-state index contributed by atoms with van der Waals surface area (Å²) < 4.78 is 41.8. The van der Waals surface area contributed by atoms with E-state index in [1.807, 2.05) is 0 Å². The molecule has 1 aliphatic heterocycles. The number of sulfonamides is 1. The molecule has 0 bridgehead atoms. The predicted molar refractivity (Wildman–Crippen MR) is 110 cm³/mol. The number of aryl methyl sites for hydroxylation is 1. The molecule has 1 aromatic heterocycles. The van der Waals surface area contributed by atoms with Crippen molar-refractivity contribution < 1.29 is 27.2 Å². The molecule has 1 N–H and O–H groups in total. The molecule has 11 heteroatoms. The molecule has 3 atom stereocenters. The van der Waals surface area contributed by atoms with E-state index in [9.17, 15) is 13.2 Å². The number of fused-ring (bicyclic) bond motifs is 1. The summed E-state index contributed by atoms with van der Waals surface area (Å²) in [6, 6.07) is 6.85. The molecule has 1 saturated heterocycles. The van der Waals surface area contributed by atoms with Crippen molar-refractivity contribution in [2.45, 2.75) is 31.2 Å². The molecule has 2 aliphatic rings. The molecule has 2 fully saturated rings. The second-order valence-electron chi connectivity index (χ2n) is 8.22. The van der Waals surface area contributed by atoms with Crippen molar-refractivity contribution in [1.82, 2.24) is 19.8 Å². The third-order valence-electron chi connectivity index (χ3n) is 6.06. The lowest BCUT2D eigenvalue weighted by atomic mass is 9.80. The number of methoxy groups -OCH3 is 1. The van der Waals surface area contributed by atoms with E-state index in [1.165, 1.54) is 10.6 Å². The summed E-state index contributed by atoms with van der Waals surface area (Å²) in [4.78, 5) is 16.9. The second-order valence-corrected chi connectivity index (χ2v) is 10.2. The first kappa shape index (κ1) is 21.6. The normalized spacial score (nSPS) is 25.9. The van der Waals surface area contributed by atoms with Crippen LogP contribution >= 0.6 is 0 Å². The number of carbonyl (C=O) groups is 1. The van der Waals surface area contributed by atoms with Crippen LogP contribution in [0.1, 0.15) is 24.6 Å². The highest BCUT2D eigenvalue weighted by atomic mass is 32.2. The summed E-state index contributed by atoms with van der Waals surface area (Å²) in [5.74, 6) is 1.96. The van der Waals surface area contributed by atoms with Gasteiger partial charge < -0.3 is 19.3 Å². The third-order valence-corrected chi connectivity index (χ3v) is 7.28. The molecule has 1 amide bonds. The lowest BCUT2D eigenvalue weighted by Gasteiger charge is -2.24. The van der Waals surface area contributed by atoms with Crippen molar-refractivity contribution in [1.29, 1.82) is 0 Å². The molecule has 1 aliphatic carbocycles. The Balaban J connectivity index is 1.41. The van der Waals surface area contributed by atoms with Gasteiger partial charge in [0.25, 0.3) is 5.91 Å². The van der Waals surface area contributed by atoms with E-state index >= 15 is 0 Å². The van der Waals surface area contributed by atoms with E-state index in [2.05, 4.69) is 15.5 Å². The fourth-order valence-electron chi connectivity index (χ4n) is 4.61. The Morgan fingerprint density at radius 1 is 1.32 bits per heavy atom. The molecule has 1 aromatic carbocycles. The largest absolute Gasteiger partial charge is 0.497 e. The zero-order valence-electron chi connectivity index (χ0n) is 17.7. The topological polar surface area (TPSA) is 124 Å². The van der Waals surface area contributed by atoms with Crippen LogP contribution in [-0.2, 0) is 20.2 Å². The Bertz CT molecular complexity index is 1050. The molecule has 0 radical (unpaired) electrons. The van der Waals surface area contributed by atoms with Crippen molar-refractivity contribution in [2.75, 3.05) is 33.1 Å². The highest BCUT2D eigenvalue weighted by Crippen LogP contribution is 2.50. The van der Waals surface area contributed by atoms with Crippen molar-refractivity contribution in [2.24, 2.45) is 5.92 Å². The summed E-state index contributed by atoms with van der Waals surface area (Å²) in [5, 5.41) is 6.90.